The number of nitrogens with two attached hydrogens (primary N) is 1. The number of rotatable bonds is 5. The maximum Gasteiger partial charge on any atom is 0.226 e. The first kappa shape index (κ1) is 14.5. The first-order chi connectivity index (χ1) is 9.47. The standard InChI is InChI=1S/C15H19N3OS/c1-15(2,13-4-3-7-20-13)10-18-14(19)8-12-6-5-11(16)9-17-12/h3-7,9H,8,10,16H2,1-2H3,(H,18,19). The summed E-state index contributed by atoms with van der Waals surface area (Å²) in [4.78, 5) is 17.3. The van der Waals surface area contributed by atoms with Gasteiger partial charge in [-0.3, -0.25) is 9.78 Å². The van der Waals surface area contributed by atoms with Gasteiger partial charge in [0.1, 0.15) is 0 Å². The normalized spacial score (nSPS) is 11.3. The van der Waals surface area contributed by atoms with Crippen LogP contribution in [0.3, 0.4) is 0 Å². The van der Waals surface area contributed by atoms with Crippen molar-refractivity contribution < 1.29 is 4.79 Å². The Hall–Kier alpha value is -1.88. The van der Waals surface area contributed by atoms with Crippen LogP contribution in [0.25, 0.3) is 0 Å². The van der Waals surface area contributed by atoms with Crippen LogP contribution in [0, 0.1) is 0 Å². The summed E-state index contributed by atoms with van der Waals surface area (Å²) < 4.78 is 0. The van der Waals surface area contributed by atoms with Crippen LogP contribution in [-0.4, -0.2) is 17.4 Å². The summed E-state index contributed by atoms with van der Waals surface area (Å²) in [6.07, 6.45) is 1.85. The van der Waals surface area contributed by atoms with Crippen LogP contribution < -0.4 is 11.1 Å². The van der Waals surface area contributed by atoms with Gasteiger partial charge in [0, 0.05) is 22.5 Å². The average Bonchev–Trinajstić information content (AvgIpc) is 2.94. The Morgan fingerprint density at radius 1 is 1.40 bits per heavy atom. The fraction of sp³-hybridized carbons (Fsp3) is 0.333. The van der Waals surface area contributed by atoms with Crippen molar-refractivity contribution in [3.8, 4) is 0 Å². The number of thiophene rings is 1. The molecule has 0 unspecified atom stereocenters. The molecule has 2 aromatic rings. The van der Waals surface area contributed by atoms with Crippen molar-refractivity contribution >= 4 is 22.9 Å². The van der Waals surface area contributed by atoms with E-state index < -0.39 is 0 Å². The third kappa shape index (κ3) is 3.81. The van der Waals surface area contributed by atoms with Crippen molar-refractivity contribution in [2.75, 3.05) is 12.3 Å². The molecule has 0 spiro atoms. The number of nitrogens with zero attached hydrogens (tertiary/aromatic N) is 1. The summed E-state index contributed by atoms with van der Waals surface area (Å²) in [7, 11) is 0. The molecule has 0 bridgehead atoms. The van der Waals surface area contributed by atoms with Gasteiger partial charge < -0.3 is 11.1 Å². The van der Waals surface area contributed by atoms with Gasteiger partial charge in [-0.25, -0.2) is 0 Å². The molecule has 3 N–H and O–H groups in total. The van der Waals surface area contributed by atoms with E-state index in [-0.39, 0.29) is 17.7 Å². The zero-order valence-electron chi connectivity index (χ0n) is 11.7. The molecule has 20 heavy (non-hydrogen) atoms. The molecule has 0 atom stereocenters. The van der Waals surface area contributed by atoms with E-state index in [1.165, 1.54) is 4.88 Å². The van der Waals surface area contributed by atoms with Crippen LogP contribution in [-0.2, 0) is 16.6 Å². The molecule has 0 saturated carbocycles. The number of carbonyl (C=O) groups is 1. The zero-order chi connectivity index (χ0) is 14.6. The molecule has 4 nitrogen and oxygen atoms in total. The molecule has 0 fully saturated rings. The molecular weight excluding hydrogens is 270 g/mol. The fourth-order valence-electron chi connectivity index (χ4n) is 1.84. The lowest BCUT2D eigenvalue weighted by atomic mass is 9.91. The van der Waals surface area contributed by atoms with Gasteiger partial charge in [0.15, 0.2) is 0 Å². The van der Waals surface area contributed by atoms with Crippen molar-refractivity contribution in [1.82, 2.24) is 10.3 Å². The summed E-state index contributed by atoms with van der Waals surface area (Å²) in [6.45, 7) is 4.86. The van der Waals surface area contributed by atoms with Crippen molar-refractivity contribution in [1.29, 1.82) is 0 Å². The monoisotopic (exact) mass is 289 g/mol. The smallest absolute Gasteiger partial charge is 0.226 e. The summed E-state index contributed by atoms with van der Waals surface area (Å²) >= 11 is 1.71. The highest BCUT2D eigenvalue weighted by atomic mass is 32.1. The summed E-state index contributed by atoms with van der Waals surface area (Å²) in [6, 6.07) is 7.66. The molecule has 2 aromatic heterocycles. The Bertz CT molecular complexity index is 561. The molecule has 106 valence electrons. The topological polar surface area (TPSA) is 68.0 Å². The third-order valence-corrected chi connectivity index (χ3v) is 4.34. The molecule has 5 heteroatoms. The Morgan fingerprint density at radius 2 is 2.20 bits per heavy atom. The molecule has 0 saturated heterocycles. The van der Waals surface area contributed by atoms with E-state index in [0.717, 1.165) is 5.69 Å². The Balaban J connectivity index is 1.88. The molecule has 0 aromatic carbocycles. The van der Waals surface area contributed by atoms with Gasteiger partial charge in [0.2, 0.25) is 5.91 Å². The van der Waals surface area contributed by atoms with Crippen molar-refractivity contribution in [3.05, 3.63) is 46.4 Å². The number of hydrogen-bond donors (Lipinski definition) is 2. The van der Waals surface area contributed by atoms with Crippen LogP contribution in [0.5, 0.6) is 0 Å². The number of carbonyl (C=O) groups excluding carboxylic acids is 1. The molecule has 1 amide bonds. The minimum Gasteiger partial charge on any atom is -0.397 e. The van der Waals surface area contributed by atoms with Gasteiger partial charge in [-0.15, -0.1) is 11.3 Å². The van der Waals surface area contributed by atoms with Crippen molar-refractivity contribution in [2.45, 2.75) is 25.7 Å². The highest BCUT2D eigenvalue weighted by Gasteiger charge is 2.22. The highest BCUT2D eigenvalue weighted by molar-refractivity contribution is 7.10. The van der Waals surface area contributed by atoms with Crippen molar-refractivity contribution in [2.24, 2.45) is 0 Å². The molecule has 2 rings (SSSR count). The maximum atomic E-state index is 11.9. The van der Waals surface area contributed by atoms with E-state index in [1.54, 1.807) is 29.7 Å². The zero-order valence-corrected chi connectivity index (χ0v) is 12.5. The lowest BCUT2D eigenvalue weighted by Gasteiger charge is -2.23. The molecule has 0 aliphatic rings. The lowest BCUT2D eigenvalue weighted by Crippen LogP contribution is -2.37. The second-order valence-electron chi connectivity index (χ2n) is 5.40. The fourth-order valence-corrected chi connectivity index (χ4v) is 2.69. The van der Waals surface area contributed by atoms with Crippen molar-refractivity contribution in [3.63, 3.8) is 0 Å². The number of pyridine rings is 1. The third-order valence-electron chi connectivity index (χ3n) is 3.10. The Labute approximate surface area is 123 Å². The number of anilines is 1. The summed E-state index contributed by atoms with van der Waals surface area (Å²) in [5.74, 6) is -0.0214. The highest BCUT2D eigenvalue weighted by Crippen LogP contribution is 2.26. The molecule has 0 radical (unpaired) electrons. The van der Waals surface area contributed by atoms with E-state index in [1.807, 2.05) is 6.07 Å². The van der Waals surface area contributed by atoms with E-state index >= 15 is 0 Å². The first-order valence-electron chi connectivity index (χ1n) is 6.48. The minimum atomic E-state index is -0.0572. The van der Waals surface area contributed by atoms with Gasteiger partial charge in [-0.1, -0.05) is 19.9 Å². The van der Waals surface area contributed by atoms with E-state index in [0.29, 0.717) is 12.2 Å². The van der Waals surface area contributed by atoms with Crippen LogP contribution in [0.2, 0.25) is 0 Å². The van der Waals surface area contributed by atoms with Crippen LogP contribution in [0.4, 0.5) is 5.69 Å². The van der Waals surface area contributed by atoms with Gasteiger partial charge >= 0.3 is 0 Å². The SMILES string of the molecule is CC(C)(CNC(=O)Cc1ccc(N)cn1)c1cccs1. The maximum absolute atomic E-state index is 11.9. The van der Waals surface area contributed by atoms with E-state index in [4.69, 9.17) is 5.73 Å². The molecule has 0 aliphatic carbocycles. The van der Waals surface area contributed by atoms with Crippen LogP contribution >= 0.6 is 11.3 Å². The molecular formula is C15H19N3OS. The number of aromatic nitrogens is 1. The van der Waals surface area contributed by atoms with Gasteiger partial charge in [-0.2, -0.15) is 0 Å². The average molecular weight is 289 g/mol. The largest absolute Gasteiger partial charge is 0.397 e. The van der Waals surface area contributed by atoms with Gasteiger partial charge in [0.25, 0.3) is 0 Å². The summed E-state index contributed by atoms with van der Waals surface area (Å²) in [5, 5.41) is 5.02. The van der Waals surface area contributed by atoms with Gasteiger partial charge in [0.05, 0.1) is 18.3 Å². The number of hydrogen-bond acceptors (Lipinski definition) is 4. The van der Waals surface area contributed by atoms with Crippen LogP contribution in [0.15, 0.2) is 35.8 Å². The second kappa shape index (κ2) is 6.05. The Morgan fingerprint density at radius 3 is 2.80 bits per heavy atom. The predicted molar refractivity (Wildman–Crippen MR) is 82.7 cm³/mol. The summed E-state index contributed by atoms with van der Waals surface area (Å²) in [5.41, 5.74) is 6.84. The van der Waals surface area contributed by atoms with E-state index in [9.17, 15) is 4.79 Å². The first-order valence-corrected chi connectivity index (χ1v) is 7.36. The number of nitrogen functional groups attached to an aromatic ring is 1. The molecule has 0 aliphatic heterocycles. The van der Waals surface area contributed by atoms with E-state index in [2.05, 4.69) is 35.6 Å². The quantitative estimate of drug-likeness (QED) is 0.888. The Kier molecular flexibility index (Phi) is 4.39. The lowest BCUT2D eigenvalue weighted by molar-refractivity contribution is -0.120. The van der Waals surface area contributed by atoms with Gasteiger partial charge in [-0.05, 0) is 23.6 Å². The molecule has 2 heterocycles. The predicted octanol–water partition coefficient (Wildman–Crippen LogP) is 2.36. The number of nitrogens with one attached hydrogen (secondary N) is 1. The number of amides is 1. The second-order valence-corrected chi connectivity index (χ2v) is 6.35. The minimum absolute atomic E-state index is 0.0214. The van der Waals surface area contributed by atoms with Crippen LogP contribution in [0.1, 0.15) is 24.4 Å².